The summed E-state index contributed by atoms with van der Waals surface area (Å²) in [5, 5.41) is 19.8. The van der Waals surface area contributed by atoms with Gasteiger partial charge in [-0.15, -0.1) is 0 Å². The van der Waals surface area contributed by atoms with Crippen molar-refractivity contribution < 1.29 is 19.8 Å². The highest BCUT2D eigenvalue weighted by Crippen LogP contribution is 2.25. The summed E-state index contributed by atoms with van der Waals surface area (Å²) in [6.07, 6.45) is 0.611. The fourth-order valence-electron chi connectivity index (χ4n) is 2.69. The van der Waals surface area contributed by atoms with E-state index in [0.717, 1.165) is 16.5 Å². The predicted octanol–water partition coefficient (Wildman–Crippen LogP) is 3.83. The van der Waals surface area contributed by atoms with Crippen LogP contribution in [0.2, 0.25) is 0 Å². The second-order valence-corrected chi connectivity index (χ2v) is 5.30. The number of carboxylic acid groups (broad SMARTS) is 2. The molecule has 0 unspecified atom stereocenters. The summed E-state index contributed by atoms with van der Waals surface area (Å²) >= 11 is 0. The predicted molar refractivity (Wildman–Crippen MR) is 87.1 cm³/mol. The van der Waals surface area contributed by atoms with Crippen LogP contribution in [0.4, 0.5) is 0 Å². The maximum absolute atomic E-state index is 11.3. The molecule has 0 saturated carbocycles. The second-order valence-electron chi connectivity index (χ2n) is 5.30. The topological polar surface area (TPSA) is 74.6 Å². The van der Waals surface area contributed by atoms with Gasteiger partial charge in [-0.25, -0.2) is 9.59 Å². The van der Waals surface area contributed by atoms with Crippen molar-refractivity contribution >= 4 is 22.7 Å². The van der Waals surface area contributed by atoms with E-state index in [2.05, 4.69) is 0 Å². The molecule has 3 rings (SSSR count). The van der Waals surface area contributed by atoms with Crippen LogP contribution in [0.1, 0.15) is 31.8 Å². The first-order valence-electron chi connectivity index (χ1n) is 7.12. The first-order chi connectivity index (χ1) is 11.1. The van der Waals surface area contributed by atoms with E-state index < -0.39 is 11.9 Å². The van der Waals surface area contributed by atoms with Gasteiger partial charge in [0.2, 0.25) is 0 Å². The quantitative estimate of drug-likeness (QED) is 0.768. The van der Waals surface area contributed by atoms with Crippen molar-refractivity contribution in [3.05, 3.63) is 82.9 Å². The van der Waals surface area contributed by atoms with Crippen LogP contribution < -0.4 is 0 Å². The molecule has 0 bridgehead atoms. The second kappa shape index (κ2) is 5.93. The van der Waals surface area contributed by atoms with Gasteiger partial charge in [-0.05, 0) is 46.5 Å². The smallest absolute Gasteiger partial charge is 0.336 e. The summed E-state index contributed by atoms with van der Waals surface area (Å²) in [6, 6.07) is 17.6. The zero-order valence-electron chi connectivity index (χ0n) is 12.2. The van der Waals surface area contributed by atoms with E-state index >= 15 is 0 Å². The molecule has 3 aromatic rings. The third-order valence-corrected chi connectivity index (χ3v) is 3.84. The van der Waals surface area contributed by atoms with Crippen LogP contribution in [-0.4, -0.2) is 22.2 Å². The maximum Gasteiger partial charge on any atom is 0.336 e. The Morgan fingerprint density at radius 3 is 2.00 bits per heavy atom. The van der Waals surface area contributed by atoms with E-state index in [9.17, 15) is 14.7 Å². The molecule has 23 heavy (non-hydrogen) atoms. The normalized spacial score (nSPS) is 10.6. The largest absolute Gasteiger partial charge is 0.478 e. The molecule has 0 heterocycles. The SMILES string of the molecule is O=C(O)c1ccc(Cc2ccc(C(=O)O)c3ccccc23)cc1. The molecule has 4 heteroatoms. The van der Waals surface area contributed by atoms with E-state index in [0.29, 0.717) is 11.8 Å². The molecule has 0 amide bonds. The van der Waals surface area contributed by atoms with Crippen molar-refractivity contribution in [3.63, 3.8) is 0 Å². The molecule has 2 N–H and O–H groups in total. The minimum atomic E-state index is -0.951. The Kier molecular flexibility index (Phi) is 3.81. The van der Waals surface area contributed by atoms with Crippen LogP contribution in [0.25, 0.3) is 10.8 Å². The Labute approximate surface area is 132 Å². The van der Waals surface area contributed by atoms with Gasteiger partial charge in [0.25, 0.3) is 0 Å². The Hall–Kier alpha value is -3.14. The van der Waals surface area contributed by atoms with Crippen molar-refractivity contribution in [1.29, 1.82) is 0 Å². The van der Waals surface area contributed by atoms with Crippen LogP contribution in [0, 0.1) is 0 Å². The van der Waals surface area contributed by atoms with E-state index in [4.69, 9.17) is 5.11 Å². The van der Waals surface area contributed by atoms with Gasteiger partial charge >= 0.3 is 11.9 Å². The first-order valence-corrected chi connectivity index (χ1v) is 7.12. The molecular formula is C19H14O4. The summed E-state index contributed by atoms with van der Waals surface area (Å²) in [4.78, 5) is 22.2. The number of hydrogen-bond donors (Lipinski definition) is 2. The van der Waals surface area contributed by atoms with E-state index in [1.54, 1.807) is 36.4 Å². The highest BCUT2D eigenvalue weighted by Gasteiger charge is 2.11. The molecule has 0 saturated heterocycles. The molecule has 0 atom stereocenters. The third-order valence-electron chi connectivity index (χ3n) is 3.84. The van der Waals surface area contributed by atoms with Gasteiger partial charge in [0.05, 0.1) is 11.1 Å². The molecule has 0 radical (unpaired) electrons. The van der Waals surface area contributed by atoms with Crippen molar-refractivity contribution in [3.8, 4) is 0 Å². The average Bonchev–Trinajstić information content (AvgIpc) is 2.55. The van der Waals surface area contributed by atoms with Crippen molar-refractivity contribution in [2.45, 2.75) is 6.42 Å². The fourth-order valence-corrected chi connectivity index (χ4v) is 2.69. The van der Waals surface area contributed by atoms with Gasteiger partial charge in [-0.3, -0.25) is 0 Å². The third kappa shape index (κ3) is 2.92. The van der Waals surface area contributed by atoms with Gasteiger partial charge < -0.3 is 10.2 Å². The standard InChI is InChI=1S/C19H14O4/c20-18(21)13-7-5-12(6-8-13)11-14-9-10-17(19(22)23)16-4-2-1-3-15(14)16/h1-10H,11H2,(H,20,21)(H,22,23). The van der Waals surface area contributed by atoms with Gasteiger partial charge in [0.1, 0.15) is 0 Å². The monoisotopic (exact) mass is 306 g/mol. The summed E-state index contributed by atoms with van der Waals surface area (Å²) in [5.41, 5.74) is 2.52. The highest BCUT2D eigenvalue weighted by atomic mass is 16.4. The molecule has 0 fully saturated rings. The number of hydrogen-bond acceptors (Lipinski definition) is 2. The first kappa shape index (κ1) is 14.8. The average molecular weight is 306 g/mol. The molecule has 0 aliphatic rings. The van der Waals surface area contributed by atoms with Crippen LogP contribution in [0.5, 0.6) is 0 Å². The molecule has 4 nitrogen and oxygen atoms in total. The maximum atomic E-state index is 11.3. The molecule has 0 aromatic heterocycles. The Morgan fingerprint density at radius 2 is 1.39 bits per heavy atom. The van der Waals surface area contributed by atoms with Crippen LogP contribution >= 0.6 is 0 Å². The fraction of sp³-hybridized carbons (Fsp3) is 0.0526. The minimum absolute atomic E-state index is 0.250. The summed E-state index contributed by atoms with van der Waals surface area (Å²) < 4.78 is 0. The Morgan fingerprint density at radius 1 is 0.739 bits per heavy atom. The molecule has 114 valence electrons. The summed E-state index contributed by atoms with van der Waals surface area (Å²) in [7, 11) is 0. The number of carbonyl (C=O) groups is 2. The number of benzene rings is 3. The lowest BCUT2D eigenvalue weighted by Gasteiger charge is -2.09. The van der Waals surface area contributed by atoms with Gasteiger partial charge in [0.15, 0.2) is 0 Å². The molecule has 0 aliphatic carbocycles. The molecular weight excluding hydrogens is 292 g/mol. The zero-order valence-corrected chi connectivity index (χ0v) is 12.2. The summed E-state index contributed by atoms with van der Waals surface area (Å²) in [6.45, 7) is 0. The van der Waals surface area contributed by atoms with Crippen molar-refractivity contribution in [2.24, 2.45) is 0 Å². The molecule has 0 spiro atoms. The van der Waals surface area contributed by atoms with E-state index in [1.165, 1.54) is 0 Å². The van der Waals surface area contributed by atoms with Crippen LogP contribution in [0.15, 0.2) is 60.7 Å². The van der Waals surface area contributed by atoms with Gasteiger partial charge in [-0.2, -0.15) is 0 Å². The number of fused-ring (bicyclic) bond motifs is 1. The van der Waals surface area contributed by atoms with Crippen LogP contribution in [0.3, 0.4) is 0 Å². The Balaban J connectivity index is 2.02. The number of carboxylic acids is 2. The molecule has 3 aromatic carbocycles. The van der Waals surface area contributed by atoms with Crippen molar-refractivity contribution in [1.82, 2.24) is 0 Å². The van der Waals surface area contributed by atoms with E-state index in [1.807, 2.05) is 24.3 Å². The lowest BCUT2D eigenvalue weighted by Crippen LogP contribution is -2.00. The summed E-state index contributed by atoms with van der Waals surface area (Å²) in [5.74, 6) is -1.90. The highest BCUT2D eigenvalue weighted by molar-refractivity contribution is 6.04. The Bertz CT molecular complexity index is 895. The van der Waals surface area contributed by atoms with Gasteiger partial charge in [-0.1, -0.05) is 42.5 Å². The lowest BCUT2D eigenvalue weighted by atomic mass is 9.95. The molecule has 0 aliphatic heterocycles. The minimum Gasteiger partial charge on any atom is -0.478 e. The zero-order chi connectivity index (χ0) is 16.4. The van der Waals surface area contributed by atoms with Crippen molar-refractivity contribution in [2.75, 3.05) is 0 Å². The van der Waals surface area contributed by atoms with Gasteiger partial charge in [0, 0.05) is 0 Å². The van der Waals surface area contributed by atoms with E-state index in [-0.39, 0.29) is 11.1 Å². The lowest BCUT2D eigenvalue weighted by molar-refractivity contribution is 0.0687. The number of rotatable bonds is 4. The van der Waals surface area contributed by atoms with Crippen LogP contribution in [-0.2, 0) is 6.42 Å². The number of aromatic carboxylic acids is 2.